The Bertz CT molecular complexity index is 833. The van der Waals surface area contributed by atoms with Crippen LogP contribution in [0.25, 0.3) is 5.69 Å². The van der Waals surface area contributed by atoms with E-state index < -0.39 is 0 Å². The molecule has 130 valence electrons. The van der Waals surface area contributed by atoms with Gasteiger partial charge in [-0.25, -0.2) is 0 Å². The summed E-state index contributed by atoms with van der Waals surface area (Å²) in [6, 6.07) is 12.9. The minimum atomic E-state index is 0.217. The summed E-state index contributed by atoms with van der Waals surface area (Å²) in [7, 11) is 0. The Kier molecular flexibility index (Phi) is 5.55. The fourth-order valence-corrected chi connectivity index (χ4v) is 3.04. The second-order valence-corrected chi connectivity index (χ2v) is 6.75. The average molecular weight is 356 g/mol. The van der Waals surface area contributed by atoms with Gasteiger partial charge in [0.25, 0.3) is 0 Å². The fourth-order valence-electron chi connectivity index (χ4n) is 2.24. The number of tetrazole rings is 1. The van der Waals surface area contributed by atoms with Crippen LogP contribution in [0, 0.1) is 13.8 Å². The van der Waals surface area contributed by atoms with Crippen molar-refractivity contribution in [2.75, 3.05) is 12.4 Å². The van der Waals surface area contributed by atoms with Crippen molar-refractivity contribution in [3.8, 4) is 17.2 Å². The Hall–Kier alpha value is -2.54. The predicted molar refractivity (Wildman–Crippen MR) is 97.6 cm³/mol. The average Bonchev–Trinajstić information content (AvgIpc) is 3.07. The summed E-state index contributed by atoms with van der Waals surface area (Å²) in [6.45, 7) is 4.82. The molecule has 7 heteroatoms. The van der Waals surface area contributed by atoms with Crippen molar-refractivity contribution in [3.63, 3.8) is 0 Å². The summed E-state index contributed by atoms with van der Waals surface area (Å²) in [5.41, 5.74) is 3.32. The van der Waals surface area contributed by atoms with E-state index in [2.05, 4.69) is 41.5 Å². The summed E-state index contributed by atoms with van der Waals surface area (Å²) in [6.07, 6.45) is 0.889. The highest BCUT2D eigenvalue weighted by Gasteiger charge is 2.08. The summed E-state index contributed by atoms with van der Waals surface area (Å²) in [4.78, 5) is 0. The van der Waals surface area contributed by atoms with E-state index in [1.165, 1.54) is 11.1 Å². The number of phenols is 1. The Labute approximate surface area is 150 Å². The minimum absolute atomic E-state index is 0.217. The Morgan fingerprint density at radius 3 is 2.64 bits per heavy atom. The smallest absolute Gasteiger partial charge is 0.214 e. The summed E-state index contributed by atoms with van der Waals surface area (Å²) in [5, 5.41) is 21.9. The molecule has 0 saturated heterocycles. The van der Waals surface area contributed by atoms with Gasteiger partial charge < -0.3 is 9.84 Å². The van der Waals surface area contributed by atoms with Crippen LogP contribution in [0.4, 0.5) is 0 Å². The van der Waals surface area contributed by atoms with E-state index in [1.54, 1.807) is 40.7 Å². The van der Waals surface area contributed by atoms with Gasteiger partial charge in [0.1, 0.15) is 11.5 Å². The van der Waals surface area contributed by atoms with E-state index in [0.717, 1.165) is 28.8 Å². The molecule has 1 N–H and O–H groups in total. The zero-order valence-corrected chi connectivity index (χ0v) is 15.0. The molecule has 0 bridgehead atoms. The normalized spacial score (nSPS) is 10.8. The lowest BCUT2D eigenvalue weighted by atomic mass is 10.1. The molecule has 1 aromatic heterocycles. The summed E-state index contributed by atoms with van der Waals surface area (Å²) < 4.78 is 7.45. The van der Waals surface area contributed by atoms with E-state index in [0.29, 0.717) is 6.61 Å². The number of aromatic nitrogens is 4. The van der Waals surface area contributed by atoms with Crippen LogP contribution in [0.2, 0.25) is 0 Å². The van der Waals surface area contributed by atoms with E-state index in [4.69, 9.17) is 4.74 Å². The highest BCUT2D eigenvalue weighted by atomic mass is 32.2. The summed E-state index contributed by atoms with van der Waals surface area (Å²) >= 11 is 1.58. The van der Waals surface area contributed by atoms with E-state index in [9.17, 15) is 5.11 Å². The van der Waals surface area contributed by atoms with Crippen molar-refractivity contribution >= 4 is 11.8 Å². The lowest BCUT2D eigenvalue weighted by molar-refractivity contribution is 0.318. The van der Waals surface area contributed by atoms with Crippen LogP contribution in [0.3, 0.4) is 0 Å². The number of aryl methyl sites for hydroxylation is 2. The molecule has 0 aliphatic carbocycles. The molecule has 6 nitrogen and oxygen atoms in total. The maximum Gasteiger partial charge on any atom is 0.214 e. The molecule has 0 fully saturated rings. The molecule has 0 aliphatic rings. The molecule has 0 amide bonds. The Morgan fingerprint density at radius 2 is 1.88 bits per heavy atom. The first-order valence-corrected chi connectivity index (χ1v) is 9.03. The van der Waals surface area contributed by atoms with Gasteiger partial charge in [-0.3, -0.25) is 0 Å². The largest absolute Gasteiger partial charge is 0.508 e. The Balaban J connectivity index is 1.49. The number of phenolic OH excluding ortho intramolecular Hbond substituents is 1. The third kappa shape index (κ3) is 4.51. The van der Waals surface area contributed by atoms with Gasteiger partial charge >= 0.3 is 0 Å². The third-order valence-electron chi connectivity index (χ3n) is 3.80. The van der Waals surface area contributed by atoms with Crippen LogP contribution in [0.1, 0.15) is 17.5 Å². The van der Waals surface area contributed by atoms with Crippen LogP contribution in [-0.2, 0) is 0 Å². The topological polar surface area (TPSA) is 73.1 Å². The van der Waals surface area contributed by atoms with Gasteiger partial charge in [-0.05, 0) is 78.2 Å². The number of nitrogens with zero attached hydrogens (tertiary/aromatic N) is 4. The molecule has 3 rings (SSSR count). The fraction of sp³-hybridized carbons (Fsp3) is 0.278. The Morgan fingerprint density at radius 1 is 1.08 bits per heavy atom. The van der Waals surface area contributed by atoms with Crippen LogP contribution >= 0.6 is 11.8 Å². The van der Waals surface area contributed by atoms with Gasteiger partial charge in [0.15, 0.2) is 0 Å². The standard InChI is InChI=1S/C18H20N4O2S/c1-13-4-9-17(12-14(13)2)24-10-3-11-25-18-19-20-21-22(18)15-5-7-16(23)8-6-15/h4-9,12,23H,3,10-11H2,1-2H3. The zero-order valence-electron chi connectivity index (χ0n) is 14.2. The van der Waals surface area contributed by atoms with Gasteiger partial charge in [-0.15, -0.1) is 5.10 Å². The number of aromatic hydroxyl groups is 1. The van der Waals surface area contributed by atoms with Crippen molar-refractivity contribution in [1.82, 2.24) is 20.2 Å². The molecule has 0 saturated carbocycles. The zero-order chi connectivity index (χ0) is 17.6. The minimum Gasteiger partial charge on any atom is -0.508 e. The molecule has 0 aliphatic heterocycles. The molecule has 0 radical (unpaired) electrons. The highest BCUT2D eigenvalue weighted by molar-refractivity contribution is 7.99. The van der Waals surface area contributed by atoms with Gasteiger partial charge in [0.2, 0.25) is 5.16 Å². The molecule has 2 aromatic carbocycles. The molecule has 0 unspecified atom stereocenters. The first-order chi connectivity index (χ1) is 12.1. The quantitative estimate of drug-likeness (QED) is 0.515. The molecular weight excluding hydrogens is 336 g/mol. The maximum absolute atomic E-state index is 9.37. The number of rotatable bonds is 7. The number of hydrogen-bond donors (Lipinski definition) is 1. The number of benzene rings is 2. The highest BCUT2D eigenvalue weighted by Crippen LogP contribution is 2.21. The van der Waals surface area contributed by atoms with Crippen molar-refractivity contribution in [2.45, 2.75) is 25.4 Å². The van der Waals surface area contributed by atoms with E-state index in [1.807, 2.05) is 6.07 Å². The van der Waals surface area contributed by atoms with Gasteiger partial charge in [-0.1, -0.05) is 17.8 Å². The molecule has 0 atom stereocenters. The van der Waals surface area contributed by atoms with Crippen molar-refractivity contribution in [1.29, 1.82) is 0 Å². The monoisotopic (exact) mass is 356 g/mol. The first-order valence-electron chi connectivity index (χ1n) is 8.04. The molecular formula is C18H20N4O2S. The van der Waals surface area contributed by atoms with Gasteiger partial charge in [0, 0.05) is 5.75 Å². The van der Waals surface area contributed by atoms with Crippen molar-refractivity contribution in [3.05, 3.63) is 53.6 Å². The van der Waals surface area contributed by atoms with Crippen LogP contribution in [0.5, 0.6) is 11.5 Å². The third-order valence-corrected chi connectivity index (χ3v) is 4.81. The van der Waals surface area contributed by atoms with Crippen LogP contribution < -0.4 is 4.74 Å². The molecule has 25 heavy (non-hydrogen) atoms. The number of thioether (sulfide) groups is 1. The number of hydrogen-bond acceptors (Lipinski definition) is 6. The van der Waals surface area contributed by atoms with Gasteiger partial charge in [-0.2, -0.15) is 4.68 Å². The van der Waals surface area contributed by atoms with Crippen molar-refractivity contribution in [2.24, 2.45) is 0 Å². The molecule has 0 spiro atoms. The second-order valence-electron chi connectivity index (χ2n) is 5.69. The molecule has 3 aromatic rings. The molecule has 1 heterocycles. The van der Waals surface area contributed by atoms with Gasteiger partial charge in [0.05, 0.1) is 12.3 Å². The maximum atomic E-state index is 9.37. The van der Waals surface area contributed by atoms with Crippen molar-refractivity contribution < 1.29 is 9.84 Å². The predicted octanol–water partition coefficient (Wildman–Crippen LogP) is 3.55. The van der Waals surface area contributed by atoms with Crippen LogP contribution in [-0.4, -0.2) is 37.7 Å². The van der Waals surface area contributed by atoms with E-state index >= 15 is 0 Å². The summed E-state index contributed by atoms with van der Waals surface area (Å²) in [5.74, 6) is 1.97. The first kappa shape index (κ1) is 17.3. The van der Waals surface area contributed by atoms with E-state index in [-0.39, 0.29) is 5.75 Å². The van der Waals surface area contributed by atoms with Crippen LogP contribution in [0.15, 0.2) is 47.6 Å². The second kappa shape index (κ2) is 8.02. The SMILES string of the molecule is Cc1ccc(OCCCSc2nnnn2-c2ccc(O)cc2)cc1C. The number of ether oxygens (including phenoxy) is 1. The lowest BCUT2D eigenvalue weighted by Gasteiger charge is -2.08. The lowest BCUT2D eigenvalue weighted by Crippen LogP contribution is -2.01.